The minimum Gasteiger partial charge on any atom is -0.497 e. The minimum atomic E-state index is -0.259. The molecule has 0 atom stereocenters. The lowest BCUT2D eigenvalue weighted by Gasteiger charge is -2.24. The number of rotatable bonds is 10. The van der Waals surface area contributed by atoms with Gasteiger partial charge in [0, 0.05) is 42.4 Å². The molecule has 0 spiro atoms. The molecule has 1 aromatic heterocycles. The molecule has 3 amide bonds. The van der Waals surface area contributed by atoms with Crippen molar-refractivity contribution in [1.29, 1.82) is 0 Å². The van der Waals surface area contributed by atoms with Gasteiger partial charge in [-0.05, 0) is 11.8 Å². The molecule has 2 rings (SSSR count). The first kappa shape index (κ1) is 24.5. The van der Waals surface area contributed by atoms with Crippen LogP contribution in [0.15, 0.2) is 23.6 Å². The zero-order valence-corrected chi connectivity index (χ0v) is 19.8. The van der Waals surface area contributed by atoms with Gasteiger partial charge in [0.2, 0.25) is 0 Å². The normalized spacial score (nSPS) is 10.8. The van der Waals surface area contributed by atoms with E-state index in [0.717, 1.165) is 0 Å². The number of nitrogens with one attached hydrogen (secondary N) is 2. The maximum absolute atomic E-state index is 13.0. The van der Waals surface area contributed by atoms with E-state index < -0.39 is 0 Å². The summed E-state index contributed by atoms with van der Waals surface area (Å²) in [5, 5.41) is 8.19. The second-order valence-corrected chi connectivity index (χ2v) is 8.98. The lowest BCUT2D eigenvalue weighted by Crippen LogP contribution is -2.37. The molecule has 0 bridgehead atoms. The van der Waals surface area contributed by atoms with Crippen molar-refractivity contribution in [3.05, 3.63) is 34.3 Å². The lowest BCUT2D eigenvalue weighted by molar-refractivity contribution is 0.0944. The lowest BCUT2D eigenvalue weighted by atomic mass is 10.2. The van der Waals surface area contributed by atoms with E-state index in [4.69, 9.17) is 9.47 Å². The van der Waals surface area contributed by atoms with E-state index in [1.54, 1.807) is 42.7 Å². The summed E-state index contributed by atoms with van der Waals surface area (Å²) in [5.74, 6) is 1.60. The molecule has 0 aliphatic rings. The number of anilines is 1. The Balaban J connectivity index is 2.12. The van der Waals surface area contributed by atoms with Crippen molar-refractivity contribution in [3.63, 3.8) is 0 Å². The van der Waals surface area contributed by atoms with Crippen molar-refractivity contribution in [2.75, 3.05) is 32.6 Å². The fourth-order valence-corrected chi connectivity index (χ4v) is 3.57. The predicted molar refractivity (Wildman–Crippen MR) is 123 cm³/mol. The molecule has 8 nitrogen and oxygen atoms in total. The van der Waals surface area contributed by atoms with Gasteiger partial charge in [-0.1, -0.05) is 27.7 Å². The number of aromatic nitrogens is 1. The number of ether oxygens (including phenoxy) is 2. The van der Waals surface area contributed by atoms with Crippen LogP contribution in [-0.2, 0) is 6.54 Å². The molecule has 31 heavy (non-hydrogen) atoms. The van der Waals surface area contributed by atoms with Gasteiger partial charge in [0.1, 0.15) is 22.2 Å². The average Bonchev–Trinajstić information content (AvgIpc) is 3.19. The third-order valence-corrected chi connectivity index (χ3v) is 5.09. The number of nitrogens with zero attached hydrogens (tertiary/aromatic N) is 2. The summed E-state index contributed by atoms with van der Waals surface area (Å²) in [6.07, 6.45) is 0. The number of thiazole rings is 1. The van der Waals surface area contributed by atoms with Gasteiger partial charge < -0.3 is 25.0 Å². The molecule has 170 valence electrons. The second kappa shape index (κ2) is 11.5. The van der Waals surface area contributed by atoms with Crippen molar-refractivity contribution in [2.24, 2.45) is 11.8 Å². The maximum Gasteiger partial charge on any atom is 0.322 e. The van der Waals surface area contributed by atoms with Crippen LogP contribution in [0.5, 0.6) is 11.5 Å². The van der Waals surface area contributed by atoms with Crippen LogP contribution in [0.25, 0.3) is 0 Å². The molecule has 0 aliphatic carbocycles. The predicted octanol–water partition coefficient (Wildman–Crippen LogP) is 4.24. The molecule has 0 unspecified atom stereocenters. The van der Waals surface area contributed by atoms with Crippen LogP contribution in [0, 0.1) is 11.8 Å². The zero-order valence-electron chi connectivity index (χ0n) is 19.0. The van der Waals surface area contributed by atoms with Crippen LogP contribution in [0.1, 0.15) is 43.2 Å². The Morgan fingerprint density at radius 2 is 1.71 bits per heavy atom. The van der Waals surface area contributed by atoms with Crippen LogP contribution >= 0.6 is 11.3 Å². The summed E-state index contributed by atoms with van der Waals surface area (Å²) in [6.45, 7) is 9.61. The van der Waals surface area contributed by atoms with Crippen LogP contribution in [0.2, 0.25) is 0 Å². The van der Waals surface area contributed by atoms with E-state index in [2.05, 4.69) is 15.6 Å². The monoisotopic (exact) mass is 448 g/mol. The summed E-state index contributed by atoms with van der Waals surface area (Å²) in [5.41, 5.74) is 0.950. The Morgan fingerprint density at radius 1 is 1.06 bits per heavy atom. The van der Waals surface area contributed by atoms with Crippen molar-refractivity contribution in [3.8, 4) is 11.5 Å². The number of hydrogen-bond donors (Lipinski definition) is 2. The number of carbonyl (C=O) groups is 2. The largest absolute Gasteiger partial charge is 0.497 e. The molecule has 1 heterocycles. The SMILES string of the molecule is COc1cc(NC(=O)N(Cc2nc(C(=O)NCC(C)C)cs2)CC(C)C)cc(OC)c1. The molecule has 2 aromatic rings. The standard InChI is InChI=1S/C22H32N4O4S/c1-14(2)10-23-21(27)19-13-31-20(25-19)12-26(11-15(3)4)22(28)24-16-7-17(29-5)9-18(8-16)30-6/h7-9,13-15H,10-12H2,1-6H3,(H,23,27)(H,24,28). The summed E-state index contributed by atoms with van der Waals surface area (Å²) in [4.78, 5) is 31.3. The average molecular weight is 449 g/mol. The van der Waals surface area contributed by atoms with E-state index in [1.165, 1.54) is 11.3 Å². The van der Waals surface area contributed by atoms with Crippen molar-refractivity contribution < 1.29 is 19.1 Å². The number of benzene rings is 1. The summed E-state index contributed by atoms with van der Waals surface area (Å²) in [7, 11) is 3.12. The van der Waals surface area contributed by atoms with Crippen molar-refractivity contribution in [2.45, 2.75) is 34.2 Å². The van der Waals surface area contributed by atoms with E-state index in [9.17, 15) is 9.59 Å². The second-order valence-electron chi connectivity index (χ2n) is 8.04. The molecule has 0 fully saturated rings. The van der Waals surface area contributed by atoms with Gasteiger partial charge in [-0.3, -0.25) is 4.79 Å². The fraction of sp³-hybridized carbons (Fsp3) is 0.500. The molecule has 0 radical (unpaired) electrons. The smallest absolute Gasteiger partial charge is 0.322 e. The molecule has 2 N–H and O–H groups in total. The van der Waals surface area contributed by atoms with Gasteiger partial charge >= 0.3 is 6.03 Å². The van der Waals surface area contributed by atoms with E-state index in [-0.39, 0.29) is 17.9 Å². The van der Waals surface area contributed by atoms with Crippen molar-refractivity contribution in [1.82, 2.24) is 15.2 Å². The first-order valence-electron chi connectivity index (χ1n) is 10.2. The molecular formula is C22H32N4O4S. The topological polar surface area (TPSA) is 92.8 Å². The summed E-state index contributed by atoms with van der Waals surface area (Å²) >= 11 is 1.37. The Morgan fingerprint density at radius 3 is 2.26 bits per heavy atom. The highest BCUT2D eigenvalue weighted by molar-refractivity contribution is 7.09. The maximum atomic E-state index is 13.0. The Kier molecular flexibility index (Phi) is 9.11. The van der Waals surface area contributed by atoms with E-state index in [1.807, 2.05) is 27.7 Å². The Hall–Kier alpha value is -2.81. The van der Waals surface area contributed by atoms with Crippen LogP contribution in [0.4, 0.5) is 10.5 Å². The Bertz CT molecular complexity index is 860. The van der Waals surface area contributed by atoms with Crippen LogP contribution < -0.4 is 20.1 Å². The van der Waals surface area contributed by atoms with Gasteiger partial charge in [-0.25, -0.2) is 9.78 Å². The molecule has 0 aliphatic heterocycles. The summed E-state index contributed by atoms with van der Waals surface area (Å²) < 4.78 is 10.5. The molecule has 0 saturated carbocycles. The number of urea groups is 1. The van der Waals surface area contributed by atoms with E-state index >= 15 is 0 Å². The van der Waals surface area contributed by atoms with Gasteiger partial charge in [-0.2, -0.15) is 0 Å². The fourth-order valence-electron chi connectivity index (χ4n) is 2.78. The molecule has 0 saturated heterocycles. The number of methoxy groups -OCH3 is 2. The van der Waals surface area contributed by atoms with Gasteiger partial charge in [0.15, 0.2) is 0 Å². The highest BCUT2D eigenvalue weighted by Crippen LogP contribution is 2.26. The van der Waals surface area contributed by atoms with Gasteiger partial charge in [-0.15, -0.1) is 11.3 Å². The van der Waals surface area contributed by atoms with Gasteiger partial charge in [0.25, 0.3) is 5.91 Å². The first-order valence-corrected chi connectivity index (χ1v) is 11.1. The third kappa shape index (κ3) is 7.75. The first-order chi connectivity index (χ1) is 14.7. The van der Waals surface area contributed by atoms with Crippen LogP contribution in [-0.4, -0.2) is 49.1 Å². The molecule has 9 heteroatoms. The van der Waals surface area contributed by atoms with Crippen molar-refractivity contribution >= 4 is 29.0 Å². The van der Waals surface area contributed by atoms with E-state index in [0.29, 0.717) is 53.4 Å². The molecular weight excluding hydrogens is 416 g/mol. The van der Waals surface area contributed by atoms with Crippen LogP contribution in [0.3, 0.4) is 0 Å². The number of carbonyl (C=O) groups excluding carboxylic acids is 2. The molecule has 1 aromatic carbocycles. The number of amides is 3. The minimum absolute atomic E-state index is 0.195. The third-order valence-electron chi connectivity index (χ3n) is 4.26. The zero-order chi connectivity index (χ0) is 23.0. The van der Waals surface area contributed by atoms with Gasteiger partial charge in [0.05, 0.1) is 20.8 Å². The highest BCUT2D eigenvalue weighted by atomic mass is 32.1. The summed E-state index contributed by atoms with van der Waals surface area (Å²) in [6, 6.07) is 4.94. The Labute approximate surface area is 188 Å². The highest BCUT2D eigenvalue weighted by Gasteiger charge is 2.19. The number of hydrogen-bond acceptors (Lipinski definition) is 6. The quantitative estimate of drug-likeness (QED) is 0.567.